The van der Waals surface area contributed by atoms with E-state index in [4.69, 9.17) is 9.97 Å². The number of hydrogen-bond donors (Lipinski definition) is 0. The second-order valence-electron chi connectivity index (χ2n) is 20.9. The van der Waals surface area contributed by atoms with Gasteiger partial charge in [-0.25, -0.2) is 4.98 Å². The summed E-state index contributed by atoms with van der Waals surface area (Å²) in [7, 11) is 0. The SMILES string of the molecule is Cc1ccc2c(c1)c1ccccc1n2-c1c(-c2ccncc2)c(-c2nc3ccccc3s2)c(-n2c3ccccc3c3cc(C)ccc32)c(-n2c3ccccc3c3cc(C)ccc32)c1-n1c2ccccc2c2cc(C)ccc21. The molecular formula is C70H48N6S. The molecule has 0 unspecified atom stereocenters. The van der Waals surface area contributed by atoms with Crippen LogP contribution in [0, 0.1) is 27.7 Å². The predicted octanol–water partition coefficient (Wildman–Crippen LogP) is 18.6. The van der Waals surface area contributed by atoms with E-state index in [9.17, 15) is 0 Å². The van der Waals surface area contributed by atoms with Gasteiger partial charge in [0.1, 0.15) is 5.01 Å². The van der Waals surface area contributed by atoms with Gasteiger partial charge in [0.2, 0.25) is 0 Å². The van der Waals surface area contributed by atoms with Gasteiger partial charge in [0.05, 0.1) is 77.1 Å². The molecular weight excluding hydrogens is 957 g/mol. The summed E-state index contributed by atoms with van der Waals surface area (Å²) < 4.78 is 11.5. The summed E-state index contributed by atoms with van der Waals surface area (Å²) >= 11 is 1.76. The zero-order valence-electron chi connectivity index (χ0n) is 42.9. The van der Waals surface area contributed by atoms with Gasteiger partial charge in [0, 0.05) is 66.6 Å². The van der Waals surface area contributed by atoms with Gasteiger partial charge >= 0.3 is 0 Å². The molecule has 0 aliphatic carbocycles. The van der Waals surface area contributed by atoms with E-state index < -0.39 is 0 Å². The Hall–Kier alpha value is -9.56. The predicted molar refractivity (Wildman–Crippen MR) is 325 cm³/mol. The average molecular weight is 1010 g/mol. The van der Waals surface area contributed by atoms with E-state index in [-0.39, 0.29) is 0 Å². The van der Waals surface area contributed by atoms with Crippen molar-refractivity contribution in [2.24, 2.45) is 0 Å². The average Bonchev–Trinajstić information content (AvgIpc) is 4.48. The van der Waals surface area contributed by atoms with E-state index in [0.29, 0.717) is 0 Å². The molecule has 0 radical (unpaired) electrons. The standard InChI is InChI=1S/C70H48N6S/c1-41-25-29-59-50(37-41)46-15-5-10-20-55(46)73(59)66-64(45-33-35-71-36-34-45)65(70-72-54-19-9-14-24-63(54)77-70)67(74-56-21-11-6-16-47(56)51-38-42(2)26-30-60(51)74)69(76-58-23-13-8-18-49(58)53-40-44(4)28-32-62(53)76)68(66)75-57-22-12-7-17-48(57)52-39-43(3)27-31-61(52)75/h5-40H,1-4H3. The highest BCUT2D eigenvalue weighted by atomic mass is 32.1. The number of hydrogen-bond acceptors (Lipinski definition) is 3. The fourth-order valence-corrected chi connectivity index (χ4v) is 13.9. The minimum absolute atomic E-state index is 0.922. The highest BCUT2D eigenvalue weighted by molar-refractivity contribution is 7.21. The third-order valence-corrected chi connectivity index (χ3v) is 17.1. The first-order valence-corrected chi connectivity index (χ1v) is 27.2. The molecule has 10 aromatic carbocycles. The Labute approximate surface area is 447 Å². The summed E-state index contributed by atoms with van der Waals surface area (Å²) in [6.07, 6.45) is 3.90. The van der Waals surface area contributed by atoms with Crippen LogP contribution in [0.15, 0.2) is 219 Å². The van der Waals surface area contributed by atoms with Crippen LogP contribution >= 0.6 is 11.3 Å². The fraction of sp³-hybridized carbons (Fsp3) is 0.0571. The van der Waals surface area contributed by atoms with Crippen molar-refractivity contribution in [3.63, 3.8) is 0 Å². The van der Waals surface area contributed by atoms with Crippen LogP contribution in [-0.4, -0.2) is 28.2 Å². The van der Waals surface area contributed by atoms with Crippen LogP contribution < -0.4 is 0 Å². The number of rotatable bonds is 6. The van der Waals surface area contributed by atoms with Gasteiger partial charge in [0.15, 0.2) is 0 Å². The molecule has 6 aromatic heterocycles. The molecule has 0 bridgehead atoms. The summed E-state index contributed by atoms with van der Waals surface area (Å²) in [5.74, 6) is 0. The first-order chi connectivity index (χ1) is 37.9. The lowest BCUT2D eigenvalue weighted by atomic mass is 9.92. The minimum atomic E-state index is 0.922. The van der Waals surface area contributed by atoms with E-state index in [0.717, 1.165) is 98.8 Å². The number of fused-ring (bicyclic) bond motifs is 13. The first-order valence-electron chi connectivity index (χ1n) is 26.4. The number of benzene rings is 10. The number of aryl methyl sites for hydroxylation is 4. The molecule has 0 aliphatic rings. The monoisotopic (exact) mass is 1000 g/mol. The van der Waals surface area contributed by atoms with Crippen molar-refractivity contribution < 1.29 is 0 Å². The normalized spacial score (nSPS) is 12.2. The maximum Gasteiger partial charge on any atom is 0.127 e. The fourth-order valence-electron chi connectivity index (χ4n) is 12.9. The largest absolute Gasteiger partial charge is 0.306 e. The van der Waals surface area contributed by atoms with E-state index in [1.54, 1.807) is 11.3 Å². The molecule has 0 aliphatic heterocycles. The van der Waals surface area contributed by atoms with E-state index in [2.05, 4.69) is 252 Å². The molecule has 6 heterocycles. The number of thiazole rings is 1. The molecule has 77 heavy (non-hydrogen) atoms. The van der Waals surface area contributed by atoms with Crippen molar-refractivity contribution in [2.45, 2.75) is 27.7 Å². The highest BCUT2D eigenvalue weighted by Crippen LogP contribution is 2.55. The number of nitrogens with zero attached hydrogens (tertiary/aromatic N) is 6. The summed E-state index contributed by atoms with van der Waals surface area (Å²) in [6, 6.07) is 76.9. The zero-order chi connectivity index (χ0) is 51.2. The molecule has 16 rings (SSSR count). The third-order valence-electron chi connectivity index (χ3n) is 16.1. The van der Waals surface area contributed by atoms with Gasteiger partial charge in [-0.05, 0) is 130 Å². The molecule has 0 amide bonds. The van der Waals surface area contributed by atoms with Crippen LogP contribution in [0.3, 0.4) is 0 Å². The van der Waals surface area contributed by atoms with Crippen LogP contribution in [0.25, 0.3) is 142 Å². The van der Waals surface area contributed by atoms with Crippen LogP contribution in [0.2, 0.25) is 0 Å². The Bertz CT molecular complexity index is 5120. The van der Waals surface area contributed by atoms with Gasteiger partial charge < -0.3 is 18.3 Å². The van der Waals surface area contributed by atoms with Crippen LogP contribution in [0.4, 0.5) is 0 Å². The lowest BCUT2D eigenvalue weighted by Crippen LogP contribution is -2.16. The minimum Gasteiger partial charge on any atom is -0.306 e. The molecule has 0 saturated carbocycles. The highest BCUT2D eigenvalue weighted by Gasteiger charge is 2.36. The number of pyridine rings is 1. The Morgan fingerprint density at radius 1 is 0.312 bits per heavy atom. The Morgan fingerprint density at radius 3 is 1.05 bits per heavy atom. The van der Waals surface area contributed by atoms with Gasteiger partial charge in [-0.1, -0.05) is 131 Å². The Morgan fingerprint density at radius 2 is 0.649 bits per heavy atom. The Balaban J connectivity index is 1.31. The zero-order valence-corrected chi connectivity index (χ0v) is 43.7. The Kier molecular flexibility index (Phi) is 9.37. The number of aromatic nitrogens is 6. The van der Waals surface area contributed by atoms with Crippen molar-refractivity contribution >= 4 is 109 Å². The summed E-state index contributed by atoms with van der Waals surface area (Å²) in [4.78, 5) is 10.5. The van der Waals surface area contributed by atoms with E-state index in [1.165, 1.54) is 65.3 Å². The smallest absolute Gasteiger partial charge is 0.127 e. The van der Waals surface area contributed by atoms with Crippen LogP contribution in [0.1, 0.15) is 22.3 Å². The molecule has 0 spiro atoms. The van der Waals surface area contributed by atoms with Crippen molar-refractivity contribution in [1.29, 1.82) is 0 Å². The molecule has 0 saturated heterocycles. The lowest BCUT2D eigenvalue weighted by Gasteiger charge is -2.30. The van der Waals surface area contributed by atoms with E-state index >= 15 is 0 Å². The number of para-hydroxylation sites is 5. The van der Waals surface area contributed by atoms with Crippen molar-refractivity contribution in [3.8, 4) is 44.4 Å². The van der Waals surface area contributed by atoms with Gasteiger partial charge in [-0.2, -0.15) is 0 Å². The summed E-state index contributed by atoms with van der Waals surface area (Å²) in [6.45, 7) is 8.82. The van der Waals surface area contributed by atoms with Crippen LogP contribution in [-0.2, 0) is 0 Å². The quantitative estimate of drug-likeness (QED) is 0.167. The second-order valence-corrected chi connectivity index (χ2v) is 21.9. The van der Waals surface area contributed by atoms with Gasteiger partial charge in [-0.3, -0.25) is 4.98 Å². The van der Waals surface area contributed by atoms with Crippen molar-refractivity contribution in [3.05, 3.63) is 241 Å². The topological polar surface area (TPSA) is 45.5 Å². The molecule has 0 atom stereocenters. The maximum absolute atomic E-state index is 5.80. The van der Waals surface area contributed by atoms with Gasteiger partial charge in [-0.15, -0.1) is 11.3 Å². The molecule has 6 nitrogen and oxygen atoms in total. The third kappa shape index (κ3) is 6.29. The van der Waals surface area contributed by atoms with Crippen molar-refractivity contribution in [1.82, 2.24) is 28.2 Å². The lowest BCUT2D eigenvalue weighted by molar-refractivity contribution is 1.02. The second kappa shape index (κ2) is 16.5. The van der Waals surface area contributed by atoms with Crippen molar-refractivity contribution in [2.75, 3.05) is 0 Å². The molecule has 16 aromatic rings. The molecule has 7 heteroatoms. The van der Waals surface area contributed by atoms with Crippen LogP contribution in [0.5, 0.6) is 0 Å². The van der Waals surface area contributed by atoms with E-state index in [1.807, 2.05) is 12.4 Å². The molecule has 364 valence electrons. The maximum atomic E-state index is 5.80. The summed E-state index contributed by atoms with van der Waals surface area (Å²) in [5, 5.41) is 10.5. The molecule has 0 N–H and O–H groups in total. The molecule has 0 fully saturated rings. The first kappa shape index (κ1) is 43.8. The van der Waals surface area contributed by atoms with Gasteiger partial charge in [0.25, 0.3) is 0 Å². The summed E-state index contributed by atoms with van der Waals surface area (Å²) in [5.41, 5.74) is 22.0.